The maximum absolute atomic E-state index is 16.2. The van der Waals surface area contributed by atoms with Crippen molar-refractivity contribution in [1.29, 1.82) is 0 Å². The Bertz CT molecular complexity index is 3310. The fraction of sp³-hybridized carbons (Fsp3) is 0.220. The summed E-state index contributed by atoms with van der Waals surface area (Å²) >= 11 is 1.36. The fourth-order valence-corrected chi connectivity index (χ4v) is 12.2. The number of thiazole rings is 1. The van der Waals surface area contributed by atoms with Gasteiger partial charge < -0.3 is 35.1 Å². The Morgan fingerprint density at radius 3 is 1.94 bits per heavy atom. The number of aromatic nitrogens is 5. The van der Waals surface area contributed by atoms with Crippen molar-refractivity contribution in [2.75, 3.05) is 34.5 Å². The number of para-hydroxylation sites is 1. The van der Waals surface area contributed by atoms with Gasteiger partial charge in [0.15, 0.2) is 0 Å². The predicted molar refractivity (Wildman–Crippen MR) is 270 cm³/mol. The SMILES string of the molecule is COc1ccc(CN(Cc2ccc(OC)cc2)S(=O)(=O)c2c(S(=O)(=O)N[C@H](CO)CNC(=O)OCc3ccccc3)ccc(-c3cccc4sc(CN)nc34)c2-c2nnn(Cc3ccc(OC)cc3)n2)cc1. The van der Waals surface area contributed by atoms with E-state index in [2.05, 4.69) is 20.4 Å². The second-order valence-corrected chi connectivity index (χ2v) is 20.9. The molecule has 22 heteroatoms. The maximum Gasteiger partial charge on any atom is 0.407 e. The zero-order valence-electron chi connectivity index (χ0n) is 39.3. The molecule has 72 heavy (non-hydrogen) atoms. The zero-order valence-corrected chi connectivity index (χ0v) is 41.8. The van der Waals surface area contributed by atoms with Crippen LogP contribution >= 0.6 is 11.3 Å². The molecule has 1 atom stereocenters. The number of nitrogens with two attached hydrogens (primary N) is 1. The van der Waals surface area contributed by atoms with Crippen molar-refractivity contribution in [3.05, 3.63) is 161 Å². The van der Waals surface area contributed by atoms with Crippen LogP contribution in [0.4, 0.5) is 4.79 Å². The van der Waals surface area contributed by atoms with E-state index in [0.717, 1.165) is 14.6 Å². The molecule has 19 nitrogen and oxygen atoms in total. The summed E-state index contributed by atoms with van der Waals surface area (Å²) in [5.74, 6) is 1.47. The topological polar surface area (TPSA) is 252 Å². The van der Waals surface area contributed by atoms with Crippen molar-refractivity contribution in [2.24, 2.45) is 5.73 Å². The first-order valence-corrected chi connectivity index (χ1v) is 26.1. The van der Waals surface area contributed by atoms with Gasteiger partial charge in [-0.15, -0.1) is 21.5 Å². The summed E-state index contributed by atoms with van der Waals surface area (Å²) in [6.07, 6.45) is -0.878. The minimum absolute atomic E-state index is 0.0665. The molecule has 6 aromatic carbocycles. The monoisotopic (exact) mass is 1030 g/mol. The summed E-state index contributed by atoms with van der Waals surface area (Å²) in [4.78, 5) is 17.5. The molecule has 0 saturated carbocycles. The molecule has 0 fully saturated rings. The molecule has 8 rings (SSSR count). The van der Waals surface area contributed by atoms with Gasteiger partial charge in [-0.25, -0.2) is 31.3 Å². The van der Waals surface area contributed by atoms with Crippen LogP contribution in [0, 0.1) is 0 Å². The van der Waals surface area contributed by atoms with Gasteiger partial charge in [0.1, 0.15) is 38.7 Å². The number of amides is 1. The van der Waals surface area contributed by atoms with Gasteiger partial charge in [-0.3, -0.25) is 0 Å². The minimum atomic E-state index is -5.03. The first-order valence-electron chi connectivity index (χ1n) is 22.3. The van der Waals surface area contributed by atoms with Crippen LogP contribution in [0.1, 0.15) is 27.3 Å². The molecule has 2 heterocycles. The lowest BCUT2D eigenvalue weighted by molar-refractivity contribution is 0.137. The van der Waals surface area contributed by atoms with E-state index in [9.17, 15) is 9.90 Å². The quantitative estimate of drug-likeness (QED) is 0.0598. The van der Waals surface area contributed by atoms with Crippen LogP contribution in [0.25, 0.3) is 32.7 Å². The van der Waals surface area contributed by atoms with E-state index >= 15 is 16.8 Å². The molecule has 0 radical (unpaired) electrons. The Kier molecular flexibility index (Phi) is 16.2. The lowest BCUT2D eigenvalue weighted by atomic mass is 9.98. The highest BCUT2D eigenvalue weighted by Gasteiger charge is 2.39. The smallest absolute Gasteiger partial charge is 0.407 e. The number of aliphatic hydroxyl groups is 1. The number of tetrazole rings is 1. The van der Waals surface area contributed by atoms with Crippen molar-refractivity contribution in [3.8, 4) is 39.8 Å². The molecule has 0 spiro atoms. The van der Waals surface area contributed by atoms with Gasteiger partial charge in [-0.2, -0.15) is 9.10 Å². The molecule has 5 N–H and O–H groups in total. The summed E-state index contributed by atoms with van der Waals surface area (Å²) in [5, 5.41) is 27.2. The number of methoxy groups -OCH3 is 3. The molecule has 1 amide bonds. The molecule has 2 aromatic heterocycles. The number of hydrogen-bond donors (Lipinski definition) is 4. The van der Waals surface area contributed by atoms with Crippen LogP contribution in [0.3, 0.4) is 0 Å². The molecule has 0 bridgehead atoms. The lowest BCUT2D eigenvalue weighted by Gasteiger charge is -2.27. The molecule has 0 unspecified atom stereocenters. The van der Waals surface area contributed by atoms with Crippen molar-refractivity contribution in [3.63, 3.8) is 0 Å². The average molecular weight is 1030 g/mol. The zero-order chi connectivity index (χ0) is 50.8. The lowest BCUT2D eigenvalue weighted by Crippen LogP contribution is -2.46. The van der Waals surface area contributed by atoms with Crippen molar-refractivity contribution in [1.82, 2.24) is 39.5 Å². The van der Waals surface area contributed by atoms with E-state index in [1.54, 1.807) is 104 Å². The fourth-order valence-electron chi connectivity index (χ4n) is 7.71. The van der Waals surface area contributed by atoms with Crippen LogP contribution in [0.5, 0.6) is 17.2 Å². The summed E-state index contributed by atoms with van der Waals surface area (Å²) in [5.41, 5.74) is 9.55. The van der Waals surface area contributed by atoms with E-state index in [0.29, 0.717) is 50.0 Å². The Morgan fingerprint density at radius 2 is 1.36 bits per heavy atom. The van der Waals surface area contributed by atoms with E-state index in [-0.39, 0.29) is 49.7 Å². The van der Waals surface area contributed by atoms with Crippen molar-refractivity contribution in [2.45, 2.75) is 48.6 Å². The largest absolute Gasteiger partial charge is 0.497 e. The van der Waals surface area contributed by atoms with Crippen LogP contribution in [0.2, 0.25) is 0 Å². The van der Waals surface area contributed by atoms with Crippen molar-refractivity contribution < 1.29 is 45.7 Å². The predicted octanol–water partition coefficient (Wildman–Crippen LogP) is 6.11. The number of carbonyl (C=O) groups excluding carboxylic acids is 1. The third-order valence-corrected chi connectivity index (χ3v) is 16.0. The standard InChI is InChI=1S/C50H51N9O10S3/c1-66-38-18-12-33(13-19-38)28-58(29-34-14-20-39(67-2)21-15-34)72(64,65)48-44(71(62,63)56-37(31-60)27-52-50(61)69-32-36-8-5-4-6-9-36)25-24-41(42-10-7-11-43-47(42)53-45(26-51)70-43)46(48)49-54-57-59(55-49)30-35-16-22-40(68-3)23-17-35/h4-25,37,56,60H,26-32,51H2,1-3H3,(H,52,61)/t37-/m0/s1. The molecule has 0 aliphatic heterocycles. The Balaban J connectivity index is 1.32. The van der Waals surface area contributed by atoms with E-state index < -0.39 is 55.1 Å². The Hall–Kier alpha value is -7.31. The number of carbonyl (C=O) groups is 1. The Labute approximate surface area is 420 Å². The minimum Gasteiger partial charge on any atom is -0.497 e. The number of fused-ring (bicyclic) bond motifs is 1. The first kappa shape index (κ1) is 51.1. The number of hydrogen-bond acceptors (Lipinski definition) is 16. The molecular weight excluding hydrogens is 983 g/mol. The Morgan fingerprint density at radius 1 is 0.750 bits per heavy atom. The third kappa shape index (κ3) is 11.9. The molecular formula is C50H51N9O10S3. The van der Waals surface area contributed by atoms with Gasteiger partial charge in [-0.05, 0) is 81.6 Å². The molecule has 0 aliphatic carbocycles. The van der Waals surface area contributed by atoms with Gasteiger partial charge >= 0.3 is 6.09 Å². The van der Waals surface area contributed by atoms with Crippen LogP contribution in [0.15, 0.2) is 143 Å². The highest BCUT2D eigenvalue weighted by Crippen LogP contribution is 2.44. The highest BCUT2D eigenvalue weighted by atomic mass is 32.2. The molecule has 8 aromatic rings. The van der Waals surface area contributed by atoms with E-state index in [4.69, 9.17) is 34.8 Å². The molecule has 0 aliphatic rings. The number of benzene rings is 6. The van der Waals surface area contributed by atoms with Crippen molar-refractivity contribution >= 4 is 47.7 Å². The number of rotatable bonds is 22. The summed E-state index contributed by atoms with van der Waals surface area (Å²) in [7, 11) is -5.43. The van der Waals surface area contributed by atoms with Gasteiger partial charge in [0.05, 0.1) is 56.3 Å². The average Bonchev–Trinajstić information content (AvgIpc) is 4.07. The van der Waals surface area contributed by atoms with Crippen LogP contribution < -0.4 is 30.0 Å². The number of nitrogens with one attached hydrogen (secondary N) is 2. The molecule has 0 saturated heterocycles. The van der Waals surface area contributed by atoms with Gasteiger partial charge in [0, 0.05) is 31.7 Å². The second-order valence-electron chi connectivity index (χ2n) is 16.2. The summed E-state index contributed by atoms with van der Waals surface area (Å²) in [6.45, 7) is -1.58. The number of sulfonamides is 2. The maximum atomic E-state index is 16.2. The molecule has 374 valence electrons. The number of alkyl carbamates (subject to hydrolysis) is 1. The summed E-state index contributed by atoms with van der Waals surface area (Å²) in [6, 6.07) is 36.3. The van der Waals surface area contributed by atoms with Gasteiger partial charge in [-0.1, -0.05) is 84.9 Å². The second kappa shape index (κ2) is 22.8. The van der Waals surface area contributed by atoms with Crippen LogP contribution in [-0.2, 0) is 57.6 Å². The first-order chi connectivity index (χ1) is 34.8. The number of aliphatic hydroxyl groups excluding tert-OH is 1. The highest BCUT2D eigenvalue weighted by molar-refractivity contribution is 7.92. The number of nitrogens with zero attached hydrogens (tertiary/aromatic N) is 6. The van der Waals surface area contributed by atoms with E-state index in [1.807, 2.05) is 24.3 Å². The summed E-state index contributed by atoms with van der Waals surface area (Å²) < 4.78 is 88.4. The normalized spacial score (nSPS) is 12.2. The van der Waals surface area contributed by atoms with Gasteiger partial charge in [0.25, 0.3) is 0 Å². The van der Waals surface area contributed by atoms with Crippen LogP contribution in [-0.4, -0.2) is 98.1 Å². The van der Waals surface area contributed by atoms with E-state index in [1.165, 1.54) is 42.5 Å². The number of ether oxygens (including phenoxy) is 4. The third-order valence-electron chi connectivity index (χ3n) is 11.4. The van der Waals surface area contributed by atoms with Gasteiger partial charge in [0.2, 0.25) is 25.9 Å².